The predicted molar refractivity (Wildman–Crippen MR) is 519 cm³/mol. The second-order valence-electron chi connectivity index (χ2n) is 30.4. The Morgan fingerprint density at radius 2 is 0.812 bits per heavy atom. The van der Waals surface area contributed by atoms with Crippen LogP contribution in [0.2, 0.25) is 15.5 Å². The van der Waals surface area contributed by atoms with Crippen LogP contribution in [0.1, 0.15) is 95.0 Å². The van der Waals surface area contributed by atoms with Gasteiger partial charge in [0.1, 0.15) is 35.3 Å². The fraction of sp³-hybridized carbons (Fsp3) is 0.232. The molecule has 29 heteroatoms. The molecule has 7 aromatic carbocycles. The number of H-pyrrole nitrogens is 2. The molecule has 8 aromatic heterocycles. The third-order valence-corrected chi connectivity index (χ3v) is 21.2. The van der Waals surface area contributed by atoms with Crippen LogP contribution >= 0.6 is 34.8 Å². The molecule has 2 saturated heterocycles. The molecule has 15 aromatic rings. The molecular weight excluding hydrogens is 1670 g/mol. The maximum Gasteiger partial charge on any atom is 0.488 e. The highest BCUT2D eigenvalue weighted by Crippen LogP contribution is 2.37. The van der Waals surface area contributed by atoms with E-state index in [0.717, 1.165) is 172 Å². The van der Waals surface area contributed by atoms with Gasteiger partial charge in [0.25, 0.3) is 0 Å². The van der Waals surface area contributed by atoms with E-state index < -0.39 is 7.12 Å². The average molecular weight is 1780 g/mol. The van der Waals surface area contributed by atoms with Crippen LogP contribution in [-0.2, 0) is 6.54 Å². The van der Waals surface area contributed by atoms with E-state index in [0.29, 0.717) is 56.8 Å². The fourth-order valence-corrected chi connectivity index (χ4v) is 14.0. The summed E-state index contributed by atoms with van der Waals surface area (Å²) < 4.78 is 0. The summed E-state index contributed by atoms with van der Waals surface area (Å²) in [6.07, 6.45) is 11.8. The van der Waals surface area contributed by atoms with E-state index in [1.807, 2.05) is 223 Å². The second-order valence-corrected chi connectivity index (χ2v) is 31.6. The quantitative estimate of drug-likeness (QED) is 0.0275. The van der Waals surface area contributed by atoms with Crippen molar-refractivity contribution in [2.45, 2.75) is 63.8 Å². The molecule has 128 heavy (non-hydrogen) atoms. The van der Waals surface area contributed by atoms with Crippen molar-refractivity contribution < 1.29 is 24.7 Å². The molecule has 0 atom stereocenters. The fourth-order valence-electron chi connectivity index (χ4n) is 13.4. The molecule has 2 aliphatic heterocycles. The zero-order valence-electron chi connectivity index (χ0n) is 73.4. The lowest BCUT2D eigenvalue weighted by atomic mass is 9.80. The number of aldehydes is 2. The first kappa shape index (κ1) is 97.2. The number of aliphatic hydroxyl groups is 1. The number of benzene rings is 7. The largest absolute Gasteiger partial charge is 0.488 e. The predicted octanol–water partition coefficient (Wildman–Crippen LogP) is 17.8. The lowest BCUT2D eigenvalue weighted by Gasteiger charge is -2.31. The summed E-state index contributed by atoms with van der Waals surface area (Å²) in [4.78, 5) is 38.1. The van der Waals surface area contributed by atoms with Crippen LogP contribution in [0.15, 0.2) is 279 Å². The van der Waals surface area contributed by atoms with E-state index in [9.17, 15) is 9.59 Å². The number of likely N-dealkylation sites (tertiary alicyclic amines) is 1. The van der Waals surface area contributed by atoms with Crippen molar-refractivity contribution in [2.24, 2.45) is 0 Å². The molecule has 0 radical (unpaired) electrons. The minimum Gasteiger partial charge on any atom is -0.423 e. The van der Waals surface area contributed by atoms with Crippen molar-refractivity contribution in [2.75, 3.05) is 104 Å². The summed E-state index contributed by atoms with van der Waals surface area (Å²) in [7, 11) is 14.0. The number of carbonyl (C=O) groups excluding carboxylic acids is 2. The Balaban J connectivity index is 0.000000166. The number of pyridine rings is 2. The van der Waals surface area contributed by atoms with Gasteiger partial charge in [0.05, 0.1) is 11.4 Å². The second kappa shape index (κ2) is 51.6. The number of carbonyl (C=O) groups is 2. The Bertz CT molecular complexity index is 5770. The van der Waals surface area contributed by atoms with Crippen molar-refractivity contribution >= 4 is 77.4 Å². The molecule has 658 valence electrons. The van der Waals surface area contributed by atoms with Gasteiger partial charge in [-0.3, -0.25) is 34.7 Å². The Morgan fingerprint density at radius 1 is 0.438 bits per heavy atom. The monoisotopic (exact) mass is 1770 g/mol. The summed E-state index contributed by atoms with van der Waals surface area (Å²) in [5, 5.41) is 81.1. The molecule has 2 fully saturated rings. The maximum atomic E-state index is 10.8. The number of hydrogen-bond acceptors (Lipinski definition) is 23. The molecule has 7 N–H and O–H groups in total. The summed E-state index contributed by atoms with van der Waals surface area (Å²) in [5.74, 6) is 3.57. The number of nitrogens with one attached hydrogen (secondary N) is 4. The van der Waals surface area contributed by atoms with E-state index in [2.05, 4.69) is 172 Å². The van der Waals surface area contributed by atoms with E-state index in [-0.39, 0.29) is 0 Å². The van der Waals surface area contributed by atoms with Gasteiger partial charge < -0.3 is 40.5 Å². The average Bonchev–Trinajstić information content (AvgIpc) is 1.01. The van der Waals surface area contributed by atoms with E-state index in [1.165, 1.54) is 54.1 Å². The molecular formula is C99H108BCl3N20O5. The molecule has 2 aliphatic rings. The Hall–Kier alpha value is -13.0. The third kappa shape index (κ3) is 29.6. The van der Waals surface area contributed by atoms with Crippen LogP contribution in [0.3, 0.4) is 0 Å². The van der Waals surface area contributed by atoms with Gasteiger partial charge in [0, 0.05) is 136 Å². The van der Waals surface area contributed by atoms with Crippen molar-refractivity contribution in [1.82, 2.24) is 86.7 Å². The van der Waals surface area contributed by atoms with Crippen LogP contribution in [0.4, 0.5) is 17.5 Å². The number of hydrogen-bond donors (Lipinski definition) is 7. The van der Waals surface area contributed by atoms with Gasteiger partial charge in [0.15, 0.2) is 32.9 Å². The first-order valence-electron chi connectivity index (χ1n) is 42.1. The number of piperidine rings is 2. The number of nitrogens with zero attached hydrogens (tertiary/aromatic N) is 16. The molecule has 0 bridgehead atoms. The van der Waals surface area contributed by atoms with Crippen molar-refractivity contribution in [3.63, 3.8) is 0 Å². The number of halogens is 3. The third-order valence-electron chi connectivity index (χ3n) is 20.4. The Labute approximate surface area is 764 Å². The first-order valence-corrected chi connectivity index (χ1v) is 43.2. The first-order chi connectivity index (χ1) is 62.3. The van der Waals surface area contributed by atoms with Gasteiger partial charge in [-0.1, -0.05) is 254 Å². The molecule has 0 saturated carbocycles. The highest BCUT2D eigenvalue weighted by molar-refractivity contribution is 6.58. The molecule has 17 rings (SSSR count). The maximum absolute atomic E-state index is 10.8. The molecule has 0 amide bonds. The Kier molecular flexibility index (Phi) is 39.2. The van der Waals surface area contributed by atoms with Crippen LogP contribution < -0.4 is 30.8 Å². The lowest BCUT2D eigenvalue weighted by molar-refractivity contribution is 0.111. The van der Waals surface area contributed by atoms with Crippen LogP contribution in [0.25, 0.3) is 89.8 Å². The van der Waals surface area contributed by atoms with Gasteiger partial charge in [-0.2, -0.15) is 10.2 Å². The highest BCUT2D eigenvalue weighted by atomic mass is 35.5. The number of aromatic amines is 2. The number of aromatic nitrogens is 14. The van der Waals surface area contributed by atoms with E-state index in [4.69, 9.17) is 50.0 Å². The van der Waals surface area contributed by atoms with E-state index in [1.54, 1.807) is 24.4 Å². The van der Waals surface area contributed by atoms with E-state index >= 15 is 0 Å². The summed E-state index contributed by atoms with van der Waals surface area (Å²) in [6, 6.07) is 86.3. The molecule has 25 nitrogen and oxygen atoms in total. The normalized spacial score (nSPS) is 12.2. The molecule has 10 heterocycles. The minimum atomic E-state index is -1.46. The zero-order valence-corrected chi connectivity index (χ0v) is 75.6. The van der Waals surface area contributed by atoms with Crippen molar-refractivity contribution in [3.05, 3.63) is 323 Å². The molecule has 0 aliphatic carbocycles. The summed E-state index contributed by atoms with van der Waals surface area (Å²) >= 11 is 17.7. The van der Waals surface area contributed by atoms with Gasteiger partial charge in [0.2, 0.25) is 0 Å². The van der Waals surface area contributed by atoms with Gasteiger partial charge >= 0.3 is 7.12 Å². The van der Waals surface area contributed by atoms with Gasteiger partial charge in [-0.05, 0) is 166 Å². The zero-order chi connectivity index (χ0) is 90.9. The number of aliphatic hydroxyl groups excluding tert-OH is 1. The molecule has 0 unspecified atom stereocenters. The molecule has 0 spiro atoms. The Morgan fingerprint density at radius 3 is 1.20 bits per heavy atom. The standard InChI is InChI=1S/C32H33N7.C19H17N3O.C13H16N4.C12H12ClN3.C10H6Cl2N2.C7H7BO3.C4H10O.C2H7N/c1-38(2)31-20-27(24-8-4-3-5-9-24)32(37-36-31)26-13-11-23(12-14-26)22-39-18-15-25(16-19-39)29-21-30(35-34-29)28-10-6-7-17-33-28;1-22(2)18-12-17(15-6-4-3-5-7-15)19(21-20-18)16-10-8-14(13-23)9-11-16;1-2-6-15-11(3-1)13-9-12(16-17-13)10-4-7-14-8-5-10;1-16(2)11-8-10(12(13)15-14-11)9-6-4-3-5-7-9;11-9-6-8(10(12)14-13-9)7-4-2-1-3-5-7;9-5-6-1-3-7(4-2-6)8(10)11;1-2-3-4-5;1-3-2/h3-14,17,20-21,25H,15-16,18-19,22H2,1-2H3,(H,34,35);3-13H,1-2H3;1-3,6,9-10,14H,4-5,7-8H2,(H,16,17);3-8H,1-2H3;1-6H;1-5,10-11H;5H,2-4H2,1H3;3H,1-2H3. The minimum absolute atomic E-state index is 0.341. The highest BCUT2D eigenvalue weighted by Gasteiger charge is 2.25. The van der Waals surface area contributed by atoms with Gasteiger partial charge in [-0.15, -0.1) is 40.8 Å². The number of rotatable bonds is 20. The van der Waals surface area contributed by atoms with Crippen LogP contribution in [0, 0.1) is 0 Å². The smallest absolute Gasteiger partial charge is 0.423 e. The lowest BCUT2D eigenvalue weighted by Crippen LogP contribution is -2.32. The topological polar surface area (TPSA) is 318 Å². The van der Waals surface area contributed by atoms with Crippen LogP contribution in [0.5, 0.6) is 0 Å². The summed E-state index contributed by atoms with van der Waals surface area (Å²) in [6.45, 7) is 7.68. The van der Waals surface area contributed by atoms with Crippen molar-refractivity contribution in [3.8, 4) is 89.8 Å². The number of unbranched alkanes of at least 4 members (excludes halogenated alkanes) is 1. The summed E-state index contributed by atoms with van der Waals surface area (Å²) in [5.41, 5.74) is 20.8. The SMILES string of the molecule is CCCCO.CN(C)c1cc(-c2ccccc2)c(-c2ccc(C=O)cc2)nn1.CN(C)c1cc(-c2ccccc2)c(-c2ccc(CN3CCC(c4cc(-c5ccccn5)n[nH]4)CC3)cc2)nn1.CN(C)c1cc(-c2ccccc2)c(Cl)nn1.CNC.Clc1cc(-c2ccccc2)c(Cl)nn1.O=Cc1ccc(B(O)O)cc1.c1ccc(-c2cc(C3CCNCC3)[nH]n2)nc1. The van der Waals surface area contributed by atoms with Gasteiger partial charge in [-0.25, -0.2) is 0 Å². The van der Waals surface area contributed by atoms with Crippen LogP contribution in [-0.4, -0.2) is 200 Å². The van der Waals surface area contributed by atoms with Crippen molar-refractivity contribution in [1.29, 1.82) is 0 Å². The number of anilines is 3.